The maximum absolute atomic E-state index is 11.3. The molecule has 0 spiro atoms. The topological polar surface area (TPSA) is 23.6 Å². The molecule has 0 N–H and O–H groups in total. The molecule has 1 amide bonds. The van der Waals surface area contributed by atoms with Gasteiger partial charge in [-0.2, -0.15) is 0 Å². The number of carbonyl (C=O) groups excluding carboxylic acids is 1. The van der Waals surface area contributed by atoms with Gasteiger partial charge < -0.3 is 9.80 Å². The molecule has 0 aromatic heterocycles. The van der Waals surface area contributed by atoms with Gasteiger partial charge in [-0.15, -0.1) is 0 Å². The van der Waals surface area contributed by atoms with Gasteiger partial charge in [0.05, 0.1) is 0 Å². The molecular weight excluding hydrogens is 140 g/mol. The molecule has 11 heavy (non-hydrogen) atoms. The van der Waals surface area contributed by atoms with E-state index in [4.69, 9.17) is 0 Å². The first kappa shape index (κ1) is 8.11. The highest BCUT2D eigenvalue weighted by atomic mass is 16.2. The Kier molecular flexibility index (Phi) is 2.17. The Labute approximate surface area is 67.3 Å². The second-order valence-electron chi connectivity index (χ2n) is 3.09. The second-order valence-corrected chi connectivity index (χ2v) is 3.09. The summed E-state index contributed by atoms with van der Waals surface area (Å²) in [6.45, 7) is 0.860. The Balaban J connectivity index is 2.69. The largest absolute Gasteiger partial charge is 0.383 e. The Hall–Kier alpha value is -0.990. The Morgan fingerprint density at radius 1 is 1.55 bits per heavy atom. The molecule has 3 nitrogen and oxygen atoms in total. The Morgan fingerprint density at radius 3 is 2.55 bits per heavy atom. The molecule has 0 aromatic rings. The number of hydrogen-bond acceptors (Lipinski definition) is 2. The molecule has 62 valence electrons. The van der Waals surface area contributed by atoms with Crippen molar-refractivity contribution >= 4 is 5.91 Å². The predicted octanol–water partition coefficient (Wildman–Crippen LogP) is 0.294. The smallest absolute Gasteiger partial charge is 0.251 e. The minimum Gasteiger partial charge on any atom is -0.383 e. The first-order valence-corrected chi connectivity index (χ1v) is 3.74. The van der Waals surface area contributed by atoms with Crippen LogP contribution < -0.4 is 0 Å². The van der Waals surface area contributed by atoms with Gasteiger partial charge in [-0.3, -0.25) is 4.79 Å². The van der Waals surface area contributed by atoms with E-state index >= 15 is 0 Å². The van der Waals surface area contributed by atoms with Crippen molar-refractivity contribution in [2.45, 2.75) is 6.42 Å². The van der Waals surface area contributed by atoms with Crippen LogP contribution in [0.15, 0.2) is 11.8 Å². The van der Waals surface area contributed by atoms with Gasteiger partial charge in [-0.1, -0.05) is 0 Å². The number of carbonyl (C=O) groups is 1. The van der Waals surface area contributed by atoms with Crippen molar-refractivity contribution in [2.75, 3.05) is 27.7 Å². The van der Waals surface area contributed by atoms with Gasteiger partial charge in [-0.25, -0.2) is 0 Å². The minimum atomic E-state index is 0.165. The van der Waals surface area contributed by atoms with Gasteiger partial charge in [0, 0.05) is 39.5 Å². The van der Waals surface area contributed by atoms with Crippen molar-refractivity contribution in [1.82, 2.24) is 9.80 Å². The van der Waals surface area contributed by atoms with Crippen LogP contribution in [0.1, 0.15) is 6.42 Å². The van der Waals surface area contributed by atoms with Crippen LogP contribution in [0.3, 0.4) is 0 Å². The molecule has 0 unspecified atom stereocenters. The number of nitrogens with zero attached hydrogens (tertiary/aromatic N) is 2. The number of amides is 1. The van der Waals surface area contributed by atoms with E-state index in [1.807, 2.05) is 32.2 Å². The molecule has 0 saturated carbocycles. The van der Waals surface area contributed by atoms with Crippen LogP contribution >= 0.6 is 0 Å². The molecule has 1 aliphatic rings. The van der Waals surface area contributed by atoms with Crippen molar-refractivity contribution in [2.24, 2.45) is 0 Å². The summed E-state index contributed by atoms with van der Waals surface area (Å²) in [5.74, 6) is 0.165. The van der Waals surface area contributed by atoms with Gasteiger partial charge in [0.1, 0.15) is 0 Å². The van der Waals surface area contributed by atoms with Gasteiger partial charge in [0.25, 0.3) is 5.91 Å². The summed E-state index contributed by atoms with van der Waals surface area (Å²) < 4.78 is 0. The van der Waals surface area contributed by atoms with Crippen molar-refractivity contribution in [3.05, 3.63) is 11.8 Å². The van der Waals surface area contributed by atoms with E-state index in [-0.39, 0.29) is 5.91 Å². The van der Waals surface area contributed by atoms with Crippen LogP contribution in [0, 0.1) is 0 Å². The van der Waals surface area contributed by atoms with Crippen LogP contribution in [0.25, 0.3) is 0 Å². The summed E-state index contributed by atoms with van der Waals surface area (Å²) in [5, 5.41) is 0. The summed E-state index contributed by atoms with van der Waals surface area (Å²) in [5.41, 5.74) is 0.914. The predicted molar refractivity (Wildman–Crippen MR) is 44.0 cm³/mol. The van der Waals surface area contributed by atoms with E-state index in [1.54, 1.807) is 4.90 Å². The lowest BCUT2D eigenvalue weighted by Gasteiger charge is -2.07. The van der Waals surface area contributed by atoms with Gasteiger partial charge in [-0.05, 0) is 6.42 Å². The van der Waals surface area contributed by atoms with Gasteiger partial charge in [0.2, 0.25) is 0 Å². The molecule has 0 bridgehead atoms. The summed E-state index contributed by atoms with van der Waals surface area (Å²) in [6.07, 6.45) is 2.78. The molecule has 0 radical (unpaired) electrons. The van der Waals surface area contributed by atoms with E-state index < -0.39 is 0 Å². The quantitative estimate of drug-likeness (QED) is 0.507. The average molecular weight is 154 g/mol. The Morgan fingerprint density at radius 2 is 2.18 bits per heavy atom. The molecule has 1 rings (SSSR count). The highest BCUT2D eigenvalue weighted by Crippen LogP contribution is 2.14. The second kappa shape index (κ2) is 2.95. The van der Waals surface area contributed by atoms with Crippen LogP contribution in [-0.4, -0.2) is 43.4 Å². The number of likely N-dealkylation sites (tertiary alicyclic amines) is 1. The molecule has 1 fully saturated rings. The monoisotopic (exact) mass is 154 g/mol. The summed E-state index contributed by atoms with van der Waals surface area (Å²) in [7, 11) is 5.69. The molecule has 1 heterocycles. The van der Waals surface area contributed by atoms with Crippen LogP contribution in [0.4, 0.5) is 0 Å². The van der Waals surface area contributed by atoms with E-state index in [0.29, 0.717) is 0 Å². The third-order valence-electron chi connectivity index (χ3n) is 1.75. The fourth-order valence-corrected chi connectivity index (χ4v) is 1.17. The first-order valence-electron chi connectivity index (χ1n) is 3.74. The molecule has 1 saturated heterocycles. The molecule has 0 atom stereocenters. The van der Waals surface area contributed by atoms with E-state index in [1.165, 1.54) is 0 Å². The third-order valence-corrected chi connectivity index (χ3v) is 1.75. The SMILES string of the molecule is CN(C)C=C1CCN(C)C1=O. The lowest BCUT2D eigenvalue weighted by Crippen LogP contribution is -2.19. The molecular formula is C8H14N2O. The zero-order chi connectivity index (χ0) is 8.43. The highest BCUT2D eigenvalue weighted by molar-refractivity contribution is 5.95. The van der Waals surface area contributed by atoms with Gasteiger partial charge >= 0.3 is 0 Å². The van der Waals surface area contributed by atoms with Crippen LogP contribution in [0.2, 0.25) is 0 Å². The summed E-state index contributed by atoms with van der Waals surface area (Å²) >= 11 is 0. The van der Waals surface area contributed by atoms with Gasteiger partial charge in [0.15, 0.2) is 0 Å². The number of likely N-dealkylation sites (N-methyl/N-ethyl adjacent to an activating group) is 1. The lowest BCUT2D eigenvalue weighted by molar-refractivity contribution is -0.123. The molecule has 3 heteroatoms. The third kappa shape index (κ3) is 1.73. The van der Waals surface area contributed by atoms with Crippen molar-refractivity contribution in [3.8, 4) is 0 Å². The van der Waals surface area contributed by atoms with Crippen LogP contribution in [-0.2, 0) is 4.79 Å². The van der Waals surface area contributed by atoms with E-state index in [0.717, 1.165) is 18.5 Å². The zero-order valence-corrected chi connectivity index (χ0v) is 7.29. The maximum atomic E-state index is 11.3. The molecule has 0 aromatic carbocycles. The number of rotatable bonds is 1. The summed E-state index contributed by atoms with van der Waals surface area (Å²) in [4.78, 5) is 14.9. The fourth-order valence-electron chi connectivity index (χ4n) is 1.17. The molecule has 0 aliphatic carbocycles. The number of hydrogen-bond donors (Lipinski definition) is 0. The Bertz CT molecular complexity index is 196. The summed E-state index contributed by atoms with van der Waals surface area (Å²) in [6, 6.07) is 0. The van der Waals surface area contributed by atoms with E-state index in [2.05, 4.69) is 0 Å². The average Bonchev–Trinajstić information content (AvgIpc) is 2.18. The van der Waals surface area contributed by atoms with E-state index in [9.17, 15) is 4.79 Å². The first-order chi connectivity index (χ1) is 5.11. The lowest BCUT2D eigenvalue weighted by atomic mass is 10.2. The van der Waals surface area contributed by atoms with Crippen molar-refractivity contribution in [1.29, 1.82) is 0 Å². The van der Waals surface area contributed by atoms with Crippen molar-refractivity contribution < 1.29 is 4.79 Å². The zero-order valence-electron chi connectivity index (χ0n) is 7.29. The highest BCUT2D eigenvalue weighted by Gasteiger charge is 2.21. The molecule has 1 aliphatic heterocycles. The normalized spacial score (nSPS) is 21.5. The van der Waals surface area contributed by atoms with Crippen molar-refractivity contribution in [3.63, 3.8) is 0 Å². The minimum absolute atomic E-state index is 0.165. The van der Waals surface area contributed by atoms with Crippen LogP contribution in [0.5, 0.6) is 0 Å². The standard InChI is InChI=1S/C8H14N2O/c1-9(2)6-7-4-5-10(3)8(7)11/h6H,4-5H2,1-3H3. The maximum Gasteiger partial charge on any atom is 0.251 e. The fraction of sp³-hybridized carbons (Fsp3) is 0.625.